The van der Waals surface area contributed by atoms with Crippen LogP contribution < -0.4 is 9.80 Å². The summed E-state index contributed by atoms with van der Waals surface area (Å²) in [7, 11) is 1.61. The molecule has 5 rings (SSSR count). The number of nitrogens with zero attached hydrogens (tertiary/aromatic N) is 3. The molecule has 0 saturated carbocycles. The summed E-state index contributed by atoms with van der Waals surface area (Å²) in [5, 5.41) is 21.7. The highest BCUT2D eigenvalue weighted by atomic mass is 16.3. The van der Waals surface area contributed by atoms with Crippen LogP contribution in [-0.4, -0.2) is 53.0 Å². The van der Waals surface area contributed by atoms with E-state index in [1.807, 2.05) is 42.5 Å². The van der Waals surface area contributed by atoms with Crippen LogP contribution in [0.3, 0.4) is 0 Å². The molecule has 0 radical (unpaired) electrons. The van der Waals surface area contributed by atoms with Gasteiger partial charge in [-0.1, -0.05) is 61.5 Å². The van der Waals surface area contributed by atoms with Gasteiger partial charge in [0.2, 0.25) is 12.3 Å². The Balaban J connectivity index is 1.37. The number of carbonyl (C=O) groups excluding carboxylic acids is 3. The molecule has 3 amide bonds. The molecule has 2 aliphatic rings. The minimum absolute atomic E-state index is 0.0724. The minimum Gasteiger partial charge on any atom is -0.394 e. The van der Waals surface area contributed by atoms with E-state index in [1.54, 1.807) is 61.4 Å². The maximum absolute atomic E-state index is 13.3. The molecule has 40 heavy (non-hydrogen) atoms. The zero-order valence-corrected chi connectivity index (χ0v) is 22.6. The second kappa shape index (κ2) is 11.1. The van der Waals surface area contributed by atoms with Crippen molar-refractivity contribution in [2.75, 3.05) is 23.5 Å². The maximum atomic E-state index is 13.3. The number of likely N-dealkylation sites (N-methyl/N-ethyl adjacent to an activating group) is 1. The Hall–Kier alpha value is -4.27. The summed E-state index contributed by atoms with van der Waals surface area (Å²) in [6.07, 6.45) is 4.73. The molecule has 0 aliphatic carbocycles. The minimum atomic E-state index is -1.87. The average molecular weight is 540 g/mol. The quantitative estimate of drug-likeness (QED) is 0.336. The van der Waals surface area contributed by atoms with Crippen molar-refractivity contribution < 1.29 is 24.6 Å². The number of aliphatic hydroxyl groups excluding tert-OH is 1. The number of benzene rings is 3. The summed E-state index contributed by atoms with van der Waals surface area (Å²) in [6, 6.07) is 21.9. The van der Waals surface area contributed by atoms with Gasteiger partial charge in [0.1, 0.15) is 0 Å². The predicted molar refractivity (Wildman–Crippen MR) is 153 cm³/mol. The van der Waals surface area contributed by atoms with Gasteiger partial charge in [-0.2, -0.15) is 0 Å². The van der Waals surface area contributed by atoms with Gasteiger partial charge < -0.3 is 20.0 Å². The van der Waals surface area contributed by atoms with Gasteiger partial charge in [0.05, 0.1) is 18.3 Å². The first-order valence-corrected chi connectivity index (χ1v) is 13.4. The van der Waals surface area contributed by atoms with E-state index in [4.69, 9.17) is 0 Å². The van der Waals surface area contributed by atoms with Crippen LogP contribution in [0.25, 0.3) is 0 Å². The van der Waals surface area contributed by atoms with Gasteiger partial charge in [0, 0.05) is 42.9 Å². The number of anilines is 3. The van der Waals surface area contributed by atoms with Crippen LogP contribution in [-0.2, 0) is 33.0 Å². The topological polar surface area (TPSA) is 101 Å². The molecule has 8 heteroatoms. The fraction of sp³-hybridized carbons (Fsp3) is 0.281. The zero-order valence-electron chi connectivity index (χ0n) is 22.6. The Bertz CT molecular complexity index is 1460. The molecule has 0 saturated heterocycles. The second-order valence-corrected chi connectivity index (χ2v) is 10.4. The lowest BCUT2D eigenvalue weighted by atomic mass is 9.82. The van der Waals surface area contributed by atoms with Crippen LogP contribution in [0, 0.1) is 5.92 Å². The first-order chi connectivity index (χ1) is 19.3. The third-order valence-corrected chi connectivity index (χ3v) is 8.06. The largest absolute Gasteiger partial charge is 0.394 e. The van der Waals surface area contributed by atoms with Crippen LogP contribution in [0.15, 0.2) is 84.9 Å². The van der Waals surface area contributed by atoms with E-state index < -0.39 is 17.4 Å². The van der Waals surface area contributed by atoms with Crippen molar-refractivity contribution in [3.8, 4) is 0 Å². The standard InChI is InChI=1S/C32H33N3O5/c1-22(9-8-14-30(38)34-19-24-11-7-6-10-23(24)17-27(34)20-36)32(40)28-18-26(15-16-29(28)33(2)31(32)39)35(21-37)25-12-4-3-5-13-25/h3-13,15-16,18,21-22,27,36,40H,14,17,19-20H2,1-2H3/b9-8+/t22-,27+,32+/m1/s1. The van der Waals surface area contributed by atoms with Gasteiger partial charge in [0.15, 0.2) is 5.60 Å². The SMILES string of the molecule is C[C@H](/C=C/CC(=O)N1Cc2ccccc2C[C@H]1CO)[C@@]1(O)C(=O)N(C)c2ccc(N(C=O)c3ccccc3)cc21. The number of hydrogen-bond acceptors (Lipinski definition) is 5. The fourth-order valence-corrected chi connectivity index (χ4v) is 5.72. The van der Waals surface area contributed by atoms with E-state index in [9.17, 15) is 24.6 Å². The highest BCUT2D eigenvalue weighted by Crippen LogP contribution is 2.46. The third-order valence-electron chi connectivity index (χ3n) is 8.06. The van der Waals surface area contributed by atoms with Crippen molar-refractivity contribution in [2.24, 2.45) is 5.92 Å². The summed E-state index contributed by atoms with van der Waals surface area (Å²) in [5.41, 5.74) is 2.47. The van der Waals surface area contributed by atoms with Gasteiger partial charge >= 0.3 is 0 Å². The molecule has 0 aromatic heterocycles. The molecule has 2 aliphatic heterocycles. The molecule has 2 heterocycles. The molecule has 3 atom stereocenters. The zero-order chi connectivity index (χ0) is 28.4. The van der Waals surface area contributed by atoms with Gasteiger partial charge in [-0.15, -0.1) is 0 Å². The van der Waals surface area contributed by atoms with E-state index >= 15 is 0 Å². The molecule has 0 spiro atoms. The number of aliphatic hydroxyl groups is 2. The maximum Gasteiger partial charge on any atom is 0.264 e. The van der Waals surface area contributed by atoms with Gasteiger partial charge in [-0.05, 0) is 47.9 Å². The molecule has 3 aromatic rings. The van der Waals surface area contributed by atoms with E-state index in [0.717, 1.165) is 11.1 Å². The Labute approximate surface area is 233 Å². The Morgan fingerprint density at radius 2 is 1.77 bits per heavy atom. The molecule has 3 aromatic carbocycles. The highest BCUT2D eigenvalue weighted by molar-refractivity contribution is 6.07. The van der Waals surface area contributed by atoms with E-state index in [0.29, 0.717) is 42.0 Å². The smallest absolute Gasteiger partial charge is 0.264 e. The van der Waals surface area contributed by atoms with Crippen molar-refractivity contribution in [1.82, 2.24) is 4.90 Å². The number of fused-ring (bicyclic) bond motifs is 2. The number of rotatable bonds is 8. The molecule has 0 unspecified atom stereocenters. The molecule has 206 valence electrons. The van der Waals surface area contributed by atoms with Crippen LogP contribution in [0.5, 0.6) is 0 Å². The molecular formula is C32H33N3O5. The van der Waals surface area contributed by atoms with Gasteiger partial charge in [-0.3, -0.25) is 19.3 Å². The van der Waals surface area contributed by atoms with Crippen LogP contribution >= 0.6 is 0 Å². The third kappa shape index (κ3) is 4.69. The average Bonchev–Trinajstić information content (AvgIpc) is 3.18. The van der Waals surface area contributed by atoms with Crippen LogP contribution in [0.4, 0.5) is 17.1 Å². The molecule has 0 bridgehead atoms. The number of carbonyl (C=O) groups is 3. The molecular weight excluding hydrogens is 506 g/mol. The summed E-state index contributed by atoms with van der Waals surface area (Å²) in [4.78, 5) is 43.1. The predicted octanol–water partition coefficient (Wildman–Crippen LogP) is 3.67. The molecule has 2 N–H and O–H groups in total. The van der Waals surface area contributed by atoms with Gasteiger partial charge in [-0.25, -0.2) is 0 Å². The first kappa shape index (κ1) is 27.3. The summed E-state index contributed by atoms with van der Waals surface area (Å²) in [5.74, 6) is -1.27. The van der Waals surface area contributed by atoms with Crippen LogP contribution in [0.1, 0.15) is 30.0 Å². The lowest BCUT2D eigenvalue weighted by molar-refractivity contribution is -0.139. The van der Waals surface area contributed by atoms with Crippen molar-refractivity contribution in [3.05, 3.63) is 102 Å². The molecule has 8 nitrogen and oxygen atoms in total. The summed E-state index contributed by atoms with van der Waals surface area (Å²) in [6.45, 7) is 2.04. The first-order valence-electron chi connectivity index (χ1n) is 13.4. The summed E-state index contributed by atoms with van der Waals surface area (Å²) >= 11 is 0. The second-order valence-electron chi connectivity index (χ2n) is 10.4. The van der Waals surface area contributed by atoms with E-state index in [1.165, 1.54) is 9.80 Å². The van der Waals surface area contributed by atoms with Crippen molar-refractivity contribution in [1.29, 1.82) is 0 Å². The monoisotopic (exact) mass is 539 g/mol. The van der Waals surface area contributed by atoms with Crippen molar-refractivity contribution >= 4 is 35.3 Å². The number of amides is 3. The highest BCUT2D eigenvalue weighted by Gasteiger charge is 2.51. The lowest BCUT2D eigenvalue weighted by Crippen LogP contribution is -2.46. The van der Waals surface area contributed by atoms with E-state index in [-0.39, 0.29) is 25.0 Å². The Morgan fingerprint density at radius 1 is 1.07 bits per heavy atom. The summed E-state index contributed by atoms with van der Waals surface area (Å²) < 4.78 is 0. The normalized spacial score (nSPS) is 20.8. The van der Waals surface area contributed by atoms with E-state index in [2.05, 4.69) is 0 Å². The molecule has 0 fully saturated rings. The lowest BCUT2D eigenvalue weighted by Gasteiger charge is -2.36. The van der Waals surface area contributed by atoms with Crippen molar-refractivity contribution in [3.63, 3.8) is 0 Å². The Morgan fingerprint density at radius 3 is 2.48 bits per heavy atom. The number of para-hydroxylation sites is 1. The fourth-order valence-electron chi connectivity index (χ4n) is 5.72. The van der Waals surface area contributed by atoms with Crippen LogP contribution in [0.2, 0.25) is 0 Å². The number of hydrogen-bond donors (Lipinski definition) is 2. The van der Waals surface area contributed by atoms with Crippen molar-refractivity contribution in [2.45, 2.75) is 38.0 Å². The van der Waals surface area contributed by atoms with Gasteiger partial charge in [0.25, 0.3) is 5.91 Å². The Kier molecular flexibility index (Phi) is 7.56.